The van der Waals surface area contributed by atoms with Gasteiger partial charge in [-0.05, 0) is 59.6 Å². The third-order valence-electron chi connectivity index (χ3n) is 6.21. The van der Waals surface area contributed by atoms with Gasteiger partial charge in [0.2, 0.25) is 0 Å². The molecule has 2 aliphatic heterocycles. The number of benzene rings is 1. The minimum Gasteiger partial charge on any atom is -0.484 e. The Kier molecular flexibility index (Phi) is 4.64. The number of hydrogen-bond donors (Lipinski definition) is 1. The van der Waals surface area contributed by atoms with Gasteiger partial charge in [0.25, 0.3) is 0 Å². The van der Waals surface area contributed by atoms with Crippen LogP contribution in [0.3, 0.4) is 0 Å². The molecule has 0 radical (unpaired) electrons. The van der Waals surface area contributed by atoms with Gasteiger partial charge in [-0.1, -0.05) is 11.3 Å². The Morgan fingerprint density at radius 3 is 2.48 bits per heavy atom. The molecule has 1 aromatic carbocycles. The third kappa shape index (κ3) is 3.72. The summed E-state index contributed by atoms with van der Waals surface area (Å²) in [5.41, 5.74) is 3.19. The molecule has 1 atom stereocenters. The number of thiazole rings is 1. The van der Waals surface area contributed by atoms with E-state index in [0.29, 0.717) is 6.04 Å². The molecule has 2 aromatic heterocycles. The van der Waals surface area contributed by atoms with Crippen molar-refractivity contribution >= 4 is 16.5 Å². The molecule has 8 heteroatoms. The van der Waals surface area contributed by atoms with Crippen molar-refractivity contribution in [3.05, 3.63) is 36.3 Å². The number of anilines is 1. The Hall–Kier alpha value is -2.45. The topological polar surface area (TPSA) is 68.1 Å². The van der Waals surface area contributed by atoms with Gasteiger partial charge in [-0.25, -0.2) is 4.98 Å². The molecule has 5 rings (SSSR count). The van der Waals surface area contributed by atoms with Gasteiger partial charge in [0.1, 0.15) is 17.5 Å². The molecule has 4 heterocycles. The van der Waals surface area contributed by atoms with Gasteiger partial charge in [0.15, 0.2) is 5.13 Å². The van der Waals surface area contributed by atoms with E-state index >= 15 is 0 Å². The number of piperidine rings is 1. The van der Waals surface area contributed by atoms with Gasteiger partial charge in [0, 0.05) is 35.8 Å². The number of rotatable bonds is 3. The number of hydrogen-bond acceptors (Lipinski definition) is 7. The van der Waals surface area contributed by atoms with Crippen LogP contribution < -0.4 is 15.0 Å². The smallest absolute Gasteiger partial charge is 0.186 e. The Morgan fingerprint density at radius 1 is 1.13 bits per heavy atom. The molecule has 0 amide bonds. The first-order chi connectivity index (χ1) is 14.6. The minimum absolute atomic E-state index is 0.0947. The maximum Gasteiger partial charge on any atom is 0.186 e. The summed E-state index contributed by atoms with van der Waals surface area (Å²) in [7, 11) is 2.19. The average molecular weight is 439 g/mol. The quantitative estimate of drug-likeness (QED) is 0.645. The first-order valence-electron chi connectivity index (χ1n) is 10.8. The lowest BCUT2D eigenvalue weighted by Crippen LogP contribution is -2.61. The second kappa shape index (κ2) is 7.03. The SMILES string of the molecule is CC1Oc2cc(-n3nccn3)ccc2-c2sc(N(C)C3CC(C)(C)NC(C)(C)C3)nc21. The van der Waals surface area contributed by atoms with E-state index in [1.807, 2.05) is 12.1 Å². The number of nitrogens with one attached hydrogen (secondary N) is 1. The fourth-order valence-electron chi connectivity index (χ4n) is 5.15. The van der Waals surface area contributed by atoms with Crippen molar-refractivity contribution in [3.8, 4) is 21.9 Å². The lowest BCUT2D eigenvalue weighted by molar-refractivity contribution is 0.161. The van der Waals surface area contributed by atoms with Crippen LogP contribution >= 0.6 is 11.3 Å². The number of nitrogens with zero attached hydrogens (tertiary/aromatic N) is 5. The van der Waals surface area contributed by atoms with Gasteiger partial charge in [-0.15, -0.1) is 0 Å². The normalized spacial score (nSPS) is 21.8. The van der Waals surface area contributed by atoms with Crippen LogP contribution in [0.1, 0.15) is 59.3 Å². The molecule has 1 fully saturated rings. The van der Waals surface area contributed by atoms with Gasteiger partial charge < -0.3 is 15.0 Å². The van der Waals surface area contributed by atoms with Crippen molar-refractivity contribution in [1.82, 2.24) is 25.3 Å². The van der Waals surface area contributed by atoms with Crippen LogP contribution in [0.2, 0.25) is 0 Å². The fraction of sp³-hybridized carbons (Fsp3) is 0.522. The van der Waals surface area contributed by atoms with Crippen molar-refractivity contribution in [1.29, 1.82) is 0 Å². The van der Waals surface area contributed by atoms with E-state index in [1.54, 1.807) is 28.5 Å². The molecular formula is C23H30N6OS. The zero-order chi connectivity index (χ0) is 22.0. The zero-order valence-electron chi connectivity index (χ0n) is 19.0. The average Bonchev–Trinajstić information content (AvgIpc) is 3.35. The first-order valence-corrected chi connectivity index (χ1v) is 11.6. The lowest BCUT2D eigenvalue weighted by Gasteiger charge is -2.48. The van der Waals surface area contributed by atoms with Gasteiger partial charge in [-0.2, -0.15) is 15.0 Å². The number of fused-ring (bicyclic) bond motifs is 3. The van der Waals surface area contributed by atoms with E-state index in [0.717, 1.165) is 40.7 Å². The fourth-order valence-corrected chi connectivity index (χ4v) is 6.37. The molecule has 0 spiro atoms. The van der Waals surface area contributed by atoms with E-state index in [4.69, 9.17) is 9.72 Å². The summed E-state index contributed by atoms with van der Waals surface area (Å²) >= 11 is 1.76. The molecule has 2 aliphatic rings. The molecule has 0 saturated carbocycles. The Bertz CT molecular complexity index is 1090. The van der Waals surface area contributed by atoms with E-state index < -0.39 is 0 Å². The van der Waals surface area contributed by atoms with Crippen LogP contribution in [0.25, 0.3) is 16.1 Å². The predicted molar refractivity (Wildman–Crippen MR) is 124 cm³/mol. The van der Waals surface area contributed by atoms with Crippen LogP contribution in [0.15, 0.2) is 30.6 Å². The van der Waals surface area contributed by atoms with Gasteiger partial charge in [0.05, 0.1) is 23.0 Å². The van der Waals surface area contributed by atoms with Crippen molar-refractivity contribution in [2.45, 2.75) is 70.7 Å². The highest BCUT2D eigenvalue weighted by Crippen LogP contribution is 2.48. The van der Waals surface area contributed by atoms with Crippen LogP contribution in [-0.4, -0.2) is 44.1 Å². The maximum atomic E-state index is 6.25. The molecule has 0 bridgehead atoms. The van der Waals surface area contributed by atoms with E-state index in [-0.39, 0.29) is 17.2 Å². The highest BCUT2D eigenvalue weighted by molar-refractivity contribution is 7.19. The van der Waals surface area contributed by atoms with Crippen LogP contribution in [0.4, 0.5) is 5.13 Å². The molecule has 1 unspecified atom stereocenters. The van der Waals surface area contributed by atoms with Crippen molar-refractivity contribution in [2.24, 2.45) is 0 Å². The maximum absolute atomic E-state index is 6.25. The highest BCUT2D eigenvalue weighted by Gasteiger charge is 2.40. The monoisotopic (exact) mass is 438 g/mol. The van der Waals surface area contributed by atoms with Crippen LogP contribution in [-0.2, 0) is 0 Å². The zero-order valence-corrected chi connectivity index (χ0v) is 19.8. The summed E-state index contributed by atoms with van der Waals surface area (Å²) in [6.45, 7) is 11.2. The van der Waals surface area contributed by atoms with Crippen LogP contribution in [0.5, 0.6) is 5.75 Å². The van der Waals surface area contributed by atoms with Crippen molar-refractivity contribution < 1.29 is 4.74 Å². The summed E-state index contributed by atoms with van der Waals surface area (Å²) in [6, 6.07) is 6.57. The van der Waals surface area contributed by atoms with Gasteiger partial charge >= 0.3 is 0 Å². The first kappa shape index (κ1) is 20.5. The molecular weight excluding hydrogens is 408 g/mol. The van der Waals surface area contributed by atoms with Crippen molar-refractivity contribution in [2.75, 3.05) is 11.9 Å². The molecule has 3 aromatic rings. The Morgan fingerprint density at radius 2 is 1.81 bits per heavy atom. The second-order valence-electron chi connectivity index (χ2n) is 10.0. The predicted octanol–water partition coefficient (Wildman–Crippen LogP) is 4.59. The largest absolute Gasteiger partial charge is 0.484 e. The standard InChI is InChI=1S/C23H30N6OS/c1-14-19-20(17-8-7-15(11-18(17)30-14)29-24-9-10-25-29)31-21(26-19)28(6)16-12-22(2,3)27-23(4,5)13-16/h7-11,14,16,27H,12-13H2,1-6H3. The molecule has 164 valence electrons. The van der Waals surface area contributed by atoms with Crippen molar-refractivity contribution in [3.63, 3.8) is 0 Å². The number of ether oxygens (including phenoxy) is 1. The molecule has 7 nitrogen and oxygen atoms in total. The summed E-state index contributed by atoms with van der Waals surface area (Å²) < 4.78 is 6.25. The van der Waals surface area contributed by atoms with E-state index in [2.05, 4.69) is 68.1 Å². The lowest BCUT2D eigenvalue weighted by atomic mass is 9.79. The molecule has 0 aliphatic carbocycles. The molecule has 1 N–H and O–H groups in total. The summed E-state index contributed by atoms with van der Waals surface area (Å²) in [5.74, 6) is 0.858. The minimum atomic E-state index is -0.0948. The highest BCUT2D eigenvalue weighted by atomic mass is 32.1. The van der Waals surface area contributed by atoms with Gasteiger partial charge in [-0.3, -0.25) is 0 Å². The molecule has 1 saturated heterocycles. The van der Waals surface area contributed by atoms with E-state index in [1.165, 1.54) is 4.88 Å². The second-order valence-corrected chi connectivity index (χ2v) is 11.0. The number of aromatic nitrogens is 4. The third-order valence-corrected chi connectivity index (χ3v) is 7.40. The summed E-state index contributed by atoms with van der Waals surface area (Å²) in [4.78, 5) is 10.2. The van der Waals surface area contributed by atoms with Crippen LogP contribution in [0, 0.1) is 0 Å². The summed E-state index contributed by atoms with van der Waals surface area (Å²) in [6.07, 6.45) is 5.42. The molecule has 31 heavy (non-hydrogen) atoms. The van der Waals surface area contributed by atoms with E-state index in [9.17, 15) is 0 Å². The Labute approximate surface area is 187 Å². The Balaban J connectivity index is 1.48. The summed E-state index contributed by atoms with van der Waals surface area (Å²) in [5, 5.41) is 13.3.